The third kappa shape index (κ3) is 2.09. The molecule has 4 rings (SSSR count). The maximum absolute atomic E-state index is 5.83. The zero-order valence-electron chi connectivity index (χ0n) is 11.6. The van der Waals surface area contributed by atoms with Gasteiger partial charge in [-0.2, -0.15) is 0 Å². The normalized spacial score (nSPS) is 10.9. The lowest BCUT2D eigenvalue weighted by Gasteiger charge is -2.07. The van der Waals surface area contributed by atoms with Crippen LogP contribution in [0.4, 0.5) is 5.95 Å². The number of fused-ring (bicyclic) bond motifs is 1. The molecule has 0 fully saturated rings. The van der Waals surface area contributed by atoms with Crippen LogP contribution in [0.3, 0.4) is 0 Å². The predicted molar refractivity (Wildman–Crippen MR) is 84.9 cm³/mol. The van der Waals surface area contributed by atoms with E-state index in [0.717, 1.165) is 17.0 Å². The first-order chi connectivity index (χ1) is 10.8. The fraction of sp³-hybridized carbons (Fsp3) is 0. The highest BCUT2D eigenvalue weighted by molar-refractivity contribution is 5.91. The minimum Gasteiger partial charge on any atom is -0.463 e. The van der Waals surface area contributed by atoms with E-state index in [1.807, 2.05) is 54.6 Å². The summed E-state index contributed by atoms with van der Waals surface area (Å²) in [6.45, 7) is 0. The van der Waals surface area contributed by atoms with E-state index in [1.165, 1.54) is 0 Å². The molecule has 0 aliphatic rings. The van der Waals surface area contributed by atoms with Gasteiger partial charge in [0, 0.05) is 5.56 Å². The van der Waals surface area contributed by atoms with Crippen LogP contribution < -0.4 is 5.73 Å². The van der Waals surface area contributed by atoms with E-state index in [1.54, 1.807) is 6.26 Å². The van der Waals surface area contributed by atoms with Crippen LogP contribution in [0.1, 0.15) is 0 Å². The Hall–Kier alpha value is -3.21. The number of nitrogens with zero attached hydrogens (tertiary/aromatic N) is 3. The van der Waals surface area contributed by atoms with Crippen LogP contribution >= 0.6 is 0 Å². The molecule has 2 N–H and O–H groups in total. The van der Waals surface area contributed by atoms with E-state index < -0.39 is 0 Å². The number of pyridine rings is 1. The number of benzene rings is 1. The van der Waals surface area contributed by atoms with Gasteiger partial charge in [-0.15, -0.1) is 0 Å². The molecule has 4 aromatic rings. The molecule has 0 bridgehead atoms. The second kappa shape index (κ2) is 4.96. The standard InChI is InChI=1S/C17H12N4O/c18-17-20-13-9-8-12(14-7-4-10-22-14)19-16(13)15(21-17)11-5-2-1-3-6-11/h1-10H,(H2,18,20,21). The summed E-state index contributed by atoms with van der Waals surface area (Å²) in [7, 11) is 0. The molecule has 0 amide bonds. The van der Waals surface area contributed by atoms with Crippen molar-refractivity contribution in [3.8, 4) is 22.7 Å². The number of aromatic nitrogens is 3. The minimum absolute atomic E-state index is 0.235. The van der Waals surface area contributed by atoms with Gasteiger partial charge in [-0.3, -0.25) is 0 Å². The molecule has 0 saturated heterocycles. The van der Waals surface area contributed by atoms with Crippen molar-refractivity contribution in [1.82, 2.24) is 15.0 Å². The van der Waals surface area contributed by atoms with Crippen LogP contribution in [0.2, 0.25) is 0 Å². The van der Waals surface area contributed by atoms with Gasteiger partial charge in [-0.1, -0.05) is 30.3 Å². The second-order valence-corrected chi connectivity index (χ2v) is 4.84. The number of nitrogens with two attached hydrogens (primary N) is 1. The predicted octanol–water partition coefficient (Wildman–Crippen LogP) is 3.53. The lowest BCUT2D eigenvalue weighted by molar-refractivity contribution is 0.580. The van der Waals surface area contributed by atoms with Gasteiger partial charge in [0.05, 0.1) is 11.8 Å². The summed E-state index contributed by atoms with van der Waals surface area (Å²) in [6.07, 6.45) is 1.62. The maximum Gasteiger partial charge on any atom is 0.221 e. The van der Waals surface area contributed by atoms with Crippen LogP contribution in [0.5, 0.6) is 0 Å². The summed E-state index contributed by atoms with van der Waals surface area (Å²) in [5.41, 5.74) is 9.65. The first-order valence-corrected chi connectivity index (χ1v) is 6.85. The van der Waals surface area contributed by atoms with Crippen LogP contribution in [-0.2, 0) is 0 Å². The van der Waals surface area contributed by atoms with Crippen molar-refractivity contribution < 1.29 is 4.42 Å². The van der Waals surface area contributed by atoms with Crippen molar-refractivity contribution >= 4 is 17.0 Å². The van der Waals surface area contributed by atoms with E-state index in [-0.39, 0.29) is 5.95 Å². The molecule has 0 atom stereocenters. The Balaban J connectivity index is 2.00. The fourth-order valence-electron chi connectivity index (χ4n) is 2.39. The quantitative estimate of drug-likeness (QED) is 0.610. The average molecular weight is 288 g/mol. The lowest BCUT2D eigenvalue weighted by Crippen LogP contribution is -2.00. The van der Waals surface area contributed by atoms with E-state index in [4.69, 9.17) is 10.2 Å². The summed E-state index contributed by atoms with van der Waals surface area (Å²) in [5.74, 6) is 0.941. The number of furan rings is 1. The highest BCUT2D eigenvalue weighted by atomic mass is 16.3. The molecule has 0 unspecified atom stereocenters. The number of hydrogen-bond acceptors (Lipinski definition) is 5. The van der Waals surface area contributed by atoms with Crippen molar-refractivity contribution in [2.45, 2.75) is 0 Å². The average Bonchev–Trinajstić information content (AvgIpc) is 3.09. The molecule has 0 spiro atoms. The van der Waals surface area contributed by atoms with Gasteiger partial charge in [0.1, 0.15) is 16.9 Å². The number of rotatable bonds is 2. The molecule has 5 heteroatoms. The van der Waals surface area contributed by atoms with Crippen molar-refractivity contribution in [2.24, 2.45) is 0 Å². The Morgan fingerprint density at radius 3 is 2.45 bits per heavy atom. The largest absolute Gasteiger partial charge is 0.463 e. The van der Waals surface area contributed by atoms with Crippen LogP contribution in [0.25, 0.3) is 33.7 Å². The van der Waals surface area contributed by atoms with Crippen molar-refractivity contribution in [3.63, 3.8) is 0 Å². The molecule has 5 nitrogen and oxygen atoms in total. The van der Waals surface area contributed by atoms with Gasteiger partial charge in [0.15, 0.2) is 5.76 Å². The van der Waals surface area contributed by atoms with E-state index in [9.17, 15) is 0 Å². The molecular weight excluding hydrogens is 276 g/mol. The molecule has 3 aromatic heterocycles. The van der Waals surface area contributed by atoms with Gasteiger partial charge in [0.25, 0.3) is 0 Å². The molecular formula is C17H12N4O. The SMILES string of the molecule is Nc1nc(-c2ccccc2)c2nc(-c3ccco3)ccc2n1. The van der Waals surface area contributed by atoms with Crippen LogP contribution in [0.15, 0.2) is 65.3 Å². The lowest BCUT2D eigenvalue weighted by atomic mass is 10.1. The number of hydrogen-bond donors (Lipinski definition) is 1. The summed E-state index contributed by atoms with van der Waals surface area (Å²) < 4.78 is 5.41. The van der Waals surface area contributed by atoms with E-state index >= 15 is 0 Å². The Kier molecular flexibility index (Phi) is 2.83. The second-order valence-electron chi connectivity index (χ2n) is 4.84. The third-order valence-corrected chi connectivity index (χ3v) is 3.38. The van der Waals surface area contributed by atoms with E-state index in [0.29, 0.717) is 16.8 Å². The van der Waals surface area contributed by atoms with Crippen LogP contribution in [-0.4, -0.2) is 15.0 Å². The van der Waals surface area contributed by atoms with Gasteiger partial charge in [-0.25, -0.2) is 15.0 Å². The van der Waals surface area contributed by atoms with Crippen molar-refractivity contribution in [2.75, 3.05) is 5.73 Å². The Morgan fingerprint density at radius 2 is 1.68 bits per heavy atom. The molecule has 1 aromatic carbocycles. The monoisotopic (exact) mass is 288 g/mol. The molecule has 0 saturated carbocycles. The summed E-state index contributed by atoms with van der Waals surface area (Å²) in [6, 6.07) is 17.3. The van der Waals surface area contributed by atoms with Gasteiger partial charge >= 0.3 is 0 Å². The highest BCUT2D eigenvalue weighted by Gasteiger charge is 2.12. The van der Waals surface area contributed by atoms with Gasteiger partial charge < -0.3 is 10.2 Å². The van der Waals surface area contributed by atoms with E-state index in [2.05, 4.69) is 15.0 Å². The molecule has 22 heavy (non-hydrogen) atoms. The molecule has 0 aliphatic carbocycles. The number of nitrogen functional groups attached to an aromatic ring is 1. The fourth-order valence-corrected chi connectivity index (χ4v) is 2.39. The number of anilines is 1. The summed E-state index contributed by atoms with van der Waals surface area (Å²) in [4.78, 5) is 13.3. The molecule has 0 radical (unpaired) electrons. The Labute approximate surface area is 126 Å². The van der Waals surface area contributed by atoms with Crippen molar-refractivity contribution in [1.29, 1.82) is 0 Å². The zero-order chi connectivity index (χ0) is 14.9. The Bertz CT molecular complexity index is 934. The topological polar surface area (TPSA) is 77.8 Å². The summed E-state index contributed by atoms with van der Waals surface area (Å²) in [5, 5.41) is 0. The van der Waals surface area contributed by atoms with Gasteiger partial charge in [-0.05, 0) is 24.3 Å². The first kappa shape index (κ1) is 12.5. The molecule has 3 heterocycles. The highest BCUT2D eigenvalue weighted by Crippen LogP contribution is 2.28. The maximum atomic E-state index is 5.83. The molecule has 0 aliphatic heterocycles. The smallest absolute Gasteiger partial charge is 0.221 e. The van der Waals surface area contributed by atoms with Crippen molar-refractivity contribution in [3.05, 3.63) is 60.9 Å². The first-order valence-electron chi connectivity index (χ1n) is 6.85. The van der Waals surface area contributed by atoms with Crippen LogP contribution in [0, 0.1) is 0 Å². The Morgan fingerprint density at radius 1 is 0.818 bits per heavy atom. The minimum atomic E-state index is 0.235. The third-order valence-electron chi connectivity index (χ3n) is 3.38. The van der Waals surface area contributed by atoms with Gasteiger partial charge in [0.2, 0.25) is 5.95 Å². The zero-order valence-corrected chi connectivity index (χ0v) is 11.6. The molecule has 106 valence electrons. The summed E-state index contributed by atoms with van der Waals surface area (Å²) >= 11 is 0.